The Bertz CT molecular complexity index is 1430. The van der Waals surface area contributed by atoms with Gasteiger partial charge in [-0.1, -0.05) is 352 Å². The van der Waals surface area contributed by atoms with Gasteiger partial charge in [-0.15, -0.1) is 0 Å². The summed E-state index contributed by atoms with van der Waals surface area (Å²) >= 11 is 0. The van der Waals surface area contributed by atoms with Crippen LogP contribution in [-0.2, 0) is 28.6 Å². The maximum Gasteiger partial charge on any atom is 0.306 e. The minimum Gasteiger partial charge on any atom is -0.462 e. The maximum atomic E-state index is 13.0. The third-order valence-corrected chi connectivity index (χ3v) is 16.8. The fourth-order valence-corrected chi connectivity index (χ4v) is 11.2. The van der Waals surface area contributed by atoms with Gasteiger partial charge in [0.1, 0.15) is 13.2 Å². The Morgan fingerprint density at radius 2 is 0.434 bits per heavy atom. The lowest BCUT2D eigenvalue weighted by Crippen LogP contribution is -2.30. The molecule has 0 saturated carbocycles. The Labute approximate surface area is 518 Å². The topological polar surface area (TPSA) is 78.9 Å². The first-order valence-electron chi connectivity index (χ1n) is 37.1. The lowest BCUT2D eigenvalue weighted by atomic mass is 10.0. The molecule has 6 nitrogen and oxygen atoms in total. The van der Waals surface area contributed by atoms with Crippen molar-refractivity contribution in [2.45, 2.75) is 412 Å². The van der Waals surface area contributed by atoms with Crippen LogP contribution in [0.25, 0.3) is 0 Å². The molecule has 0 aliphatic rings. The van der Waals surface area contributed by atoms with Crippen LogP contribution < -0.4 is 0 Å². The molecule has 0 aromatic heterocycles. The Hall–Kier alpha value is -2.63. The summed E-state index contributed by atoms with van der Waals surface area (Å²) in [6.07, 6.45) is 91.4. The third-order valence-electron chi connectivity index (χ3n) is 16.8. The summed E-state index contributed by atoms with van der Waals surface area (Å²) in [5, 5.41) is 0. The molecule has 1 unspecified atom stereocenters. The summed E-state index contributed by atoms with van der Waals surface area (Å²) in [7, 11) is 0. The van der Waals surface area contributed by atoms with E-state index in [1.165, 1.54) is 289 Å². The normalized spacial score (nSPS) is 12.3. The number of unbranched alkanes of at least 4 members (excludes halogenated alkanes) is 50. The van der Waals surface area contributed by atoms with Crippen LogP contribution in [0.2, 0.25) is 0 Å². The van der Waals surface area contributed by atoms with Gasteiger partial charge in [0.05, 0.1) is 0 Å². The summed E-state index contributed by atoms with van der Waals surface area (Å²) < 4.78 is 17.0. The summed E-state index contributed by atoms with van der Waals surface area (Å²) in [6.45, 7) is 6.69. The molecule has 0 aromatic carbocycles. The Balaban J connectivity index is 4.31. The van der Waals surface area contributed by atoms with Crippen molar-refractivity contribution in [1.82, 2.24) is 0 Å². The summed E-state index contributed by atoms with van der Waals surface area (Å²) in [5.41, 5.74) is 0. The minimum atomic E-state index is -0.778. The molecule has 0 rings (SSSR count). The van der Waals surface area contributed by atoms with Gasteiger partial charge in [-0.2, -0.15) is 0 Å². The summed E-state index contributed by atoms with van der Waals surface area (Å²) in [5.74, 6) is -0.852. The largest absolute Gasteiger partial charge is 0.462 e. The number of rotatable bonds is 69. The molecule has 6 heteroatoms. The minimum absolute atomic E-state index is 0.0719. The number of esters is 3. The number of carbonyl (C=O) groups excluding carboxylic acids is 3. The van der Waals surface area contributed by atoms with Crippen molar-refractivity contribution in [3.05, 3.63) is 48.6 Å². The van der Waals surface area contributed by atoms with E-state index in [9.17, 15) is 14.4 Å². The second kappa shape index (κ2) is 71.8. The van der Waals surface area contributed by atoms with E-state index < -0.39 is 6.10 Å². The van der Waals surface area contributed by atoms with Gasteiger partial charge in [-0.05, 0) is 83.5 Å². The molecule has 0 aliphatic heterocycles. The predicted molar refractivity (Wildman–Crippen MR) is 362 cm³/mol. The van der Waals surface area contributed by atoms with E-state index in [2.05, 4.69) is 69.4 Å². The zero-order valence-corrected chi connectivity index (χ0v) is 56.0. The fraction of sp³-hybridized carbons (Fsp3) is 0.857. The van der Waals surface area contributed by atoms with Crippen molar-refractivity contribution in [1.29, 1.82) is 0 Å². The fourth-order valence-electron chi connectivity index (χ4n) is 11.2. The standard InChI is InChI=1S/C77H142O6/c1-4-7-10-13-16-19-22-25-28-31-34-36-38-40-41-43-46-49-52-55-58-61-64-67-70-76(79)82-73-74(72-81-75(78)69-66-63-60-57-54-51-48-45-33-30-27-24-21-18-15-12-9-6-3)83-77(80)71-68-65-62-59-56-53-50-47-44-42-39-37-35-32-29-26-23-20-17-14-11-8-5-2/h21,23-24,26,30,32-33,35,74H,4-20,22,25,27-29,31,34,36-73H2,1-3H3/b24-21-,26-23-,33-30-,35-32-. The molecule has 0 saturated heterocycles. The monoisotopic (exact) mass is 1160 g/mol. The first-order chi connectivity index (χ1) is 41.0. The van der Waals surface area contributed by atoms with E-state index in [1.807, 2.05) is 0 Å². The van der Waals surface area contributed by atoms with Crippen LogP contribution in [0, 0.1) is 0 Å². The first-order valence-corrected chi connectivity index (χ1v) is 37.1. The van der Waals surface area contributed by atoms with Crippen LogP contribution in [0.15, 0.2) is 48.6 Å². The molecule has 0 aromatic rings. The summed E-state index contributed by atoms with van der Waals surface area (Å²) in [6, 6.07) is 0. The Morgan fingerprint density at radius 1 is 0.241 bits per heavy atom. The third kappa shape index (κ3) is 70.0. The number of hydrogen-bond acceptors (Lipinski definition) is 6. The molecule has 0 radical (unpaired) electrons. The quantitative estimate of drug-likeness (QED) is 0.0261. The average Bonchev–Trinajstić information content (AvgIpc) is 3.50. The highest BCUT2D eigenvalue weighted by Crippen LogP contribution is 2.19. The highest BCUT2D eigenvalue weighted by atomic mass is 16.6. The van der Waals surface area contributed by atoms with E-state index in [-0.39, 0.29) is 31.1 Å². The van der Waals surface area contributed by atoms with Crippen LogP contribution in [0.1, 0.15) is 406 Å². The van der Waals surface area contributed by atoms with Crippen molar-refractivity contribution >= 4 is 17.9 Å². The molecule has 0 bridgehead atoms. The van der Waals surface area contributed by atoms with Gasteiger partial charge in [0, 0.05) is 19.3 Å². The van der Waals surface area contributed by atoms with Gasteiger partial charge in [0.2, 0.25) is 0 Å². The highest BCUT2D eigenvalue weighted by molar-refractivity contribution is 5.71. The maximum absolute atomic E-state index is 13.0. The zero-order valence-electron chi connectivity index (χ0n) is 56.0. The van der Waals surface area contributed by atoms with E-state index in [0.29, 0.717) is 19.3 Å². The second-order valence-electron chi connectivity index (χ2n) is 25.2. The van der Waals surface area contributed by atoms with E-state index in [0.717, 1.165) is 77.0 Å². The molecule has 0 spiro atoms. The SMILES string of the molecule is CCCCCC/C=C\C/C=C\CCCCCCCCCC(=O)OCC(COC(=O)CCCCCCCCCCCCCCCCCCCCCCCCCC)OC(=O)CCCCCCCCCCCCC/C=C\C/C=C\CCCCCCC. The van der Waals surface area contributed by atoms with Crippen molar-refractivity contribution < 1.29 is 28.6 Å². The molecule has 0 N–H and O–H groups in total. The zero-order chi connectivity index (χ0) is 59.9. The number of carbonyl (C=O) groups is 3. The Morgan fingerprint density at radius 3 is 0.675 bits per heavy atom. The van der Waals surface area contributed by atoms with Gasteiger partial charge in [0.15, 0.2) is 6.10 Å². The lowest BCUT2D eigenvalue weighted by molar-refractivity contribution is -0.167. The molecule has 486 valence electrons. The average molecular weight is 1160 g/mol. The van der Waals surface area contributed by atoms with Crippen molar-refractivity contribution in [2.24, 2.45) is 0 Å². The van der Waals surface area contributed by atoms with Gasteiger partial charge in [0.25, 0.3) is 0 Å². The lowest BCUT2D eigenvalue weighted by Gasteiger charge is -2.18. The van der Waals surface area contributed by atoms with Gasteiger partial charge in [-0.25, -0.2) is 0 Å². The van der Waals surface area contributed by atoms with E-state index in [1.54, 1.807) is 0 Å². The molecule has 0 amide bonds. The second-order valence-corrected chi connectivity index (χ2v) is 25.2. The predicted octanol–water partition coefficient (Wildman–Crippen LogP) is 25.7. The van der Waals surface area contributed by atoms with Crippen LogP contribution in [0.5, 0.6) is 0 Å². The summed E-state index contributed by atoms with van der Waals surface area (Å²) in [4.78, 5) is 38.5. The van der Waals surface area contributed by atoms with E-state index >= 15 is 0 Å². The van der Waals surface area contributed by atoms with E-state index in [4.69, 9.17) is 14.2 Å². The number of hydrogen-bond donors (Lipinski definition) is 0. The van der Waals surface area contributed by atoms with Crippen LogP contribution in [0.3, 0.4) is 0 Å². The van der Waals surface area contributed by atoms with Crippen LogP contribution >= 0.6 is 0 Å². The smallest absolute Gasteiger partial charge is 0.306 e. The Kier molecular flexibility index (Phi) is 69.6. The van der Waals surface area contributed by atoms with Crippen LogP contribution in [-0.4, -0.2) is 37.2 Å². The van der Waals surface area contributed by atoms with Gasteiger partial charge >= 0.3 is 17.9 Å². The molecule has 1 atom stereocenters. The molecule has 83 heavy (non-hydrogen) atoms. The first kappa shape index (κ1) is 80.4. The van der Waals surface area contributed by atoms with Gasteiger partial charge in [-0.3, -0.25) is 14.4 Å². The molecule has 0 heterocycles. The molecular weight excluding hydrogens is 1020 g/mol. The molecular formula is C77H142O6. The molecule has 0 aliphatic carbocycles. The van der Waals surface area contributed by atoms with Crippen molar-refractivity contribution in [2.75, 3.05) is 13.2 Å². The highest BCUT2D eigenvalue weighted by Gasteiger charge is 2.19. The van der Waals surface area contributed by atoms with Crippen molar-refractivity contribution in [3.63, 3.8) is 0 Å². The van der Waals surface area contributed by atoms with Crippen molar-refractivity contribution in [3.8, 4) is 0 Å². The molecule has 0 fully saturated rings. The number of ether oxygens (including phenoxy) is 3. The van der Waals surface area contributed by atoms with Crippen LogP contribution in [0.4, 0.5) is 0 Å². The number of allylic oxidation sites excluding steroid dienone is 8. The van der Waals surface area contributed by atoms with Gasteiger partial charge < -0.3 is 14.2 Å².